The van der Waals surface area contributed by atoms with Gasteiger partial charge in [0.15, 0.2) is 0 Å². The highest BCUT2D eigenvalue weighted by atomic mass is 16.5. The van der Waals surface area contributed by atoms with Crippen LogP contribution in [-0.4, -0.2) is 27.4 Å². The highest BCUT2D eigenvalue weighted by Crippen LogP contribution is 2.22. The largest absolute Gasteiger partial charge is 0.495 e. The van der Waals surface area contributed by atoms with Crippen molar-refractivity contribution < 1.29 is 9.47 Å². The van der Waals surface area contributed by atoms with Gasteiger partial charge in [0.1, 0.15) is 5.75 Å². The Balaban J connectivity index is 2.30. The van der Waals surface area contributed by atoms with Crippen LogP contribution in [0, 0.1) is 0 Å². The second-order valence-corrected chi connectivity index (χ2v) is 3.33. The van der Waals surface area contributed by atoms with Gasteiger partial charge >= 0.3 is 0 Å². The number of hydrogen-bond acceptors (Lipinski definition) is 3. The molecule has 0 fully saturated rings. The molecular formula is C12H19NO2. The van der Waals surface area contributed by atoms with Crippen molar-refractivity contribution in [3.8, 4) is 5.75 Å². The average molecular weight is 209 g/mol. The zero-order valence-electron chi connectivity index (χ0n) is 9.45. The van der Waals surface area contributed by atoms with Gasteiger partial charge in [-0.25, -0.2) is 0 Å². The molecule has 0 saturated heterocycles. The van der Waals surface area contributed by atoms with Gasteiger partial charge in [0, 0.05) is 20.3 Å². The molecule has 0 heterocycles. The summed E-state index contributed by atoms with van der Waals surface area (Å²) in [4.78, 5) is 0. The molecule has 1 N–H and O–H groups in total. The number of benzene rings is 1. The van der Waals surface area contributed by atoms with Gasteiger partial charge in [0.05, 0.1) is 12.8 Å². The van der Waals surface area contributed by atoms with Gasteiger partial charge in [-0.05, 0) is 25.0 Å². The molecule has 0 unspecified atom stereocenters. The van der Waals surface area contributed by atoms with Gasteiger partial charge in [0.2, 0.25) is 0 Å². The zero-order valence-corrected chi connectivity index (χ0v) is 9.45. The van der Waals surface area contributed by atoms with Crippen molar-refractivity contribution in [3.63, 3.8) is 0 Å². The molecule has 0 amide bonds. The van der Waals surface area contributed by atoms with Crippen LogP contribution in [0.25, 0.3) is 0 Å². The number of hydrogen-bond donors (Lipinski definition) is 1. The molecule has 1 aromatic carbocycles. The summed E-state index contributed by atoms with van der Waals surface area (Å²) in [7, 11) is 3.42. The monoisotopic (exact) mass is 209 g/mol. The number of methoxy groups -OCH3 is 2. The van der Waals surface area contributed by atoms with Crippen LogP contribution in [0.4, 0.5) is 5.69 Å². The molecule has 0 saturated carbocycles. The molecule has 0 aliphatic rings. The Kier molecular flexibility index (Phi) is 5.63. The minimum Gasteiger partial charge on any atom is -0.495 e. The number of para-hydroxylation sites is 2. The lowest BCUT2D eigenvalue weighted by atomic mass is 10.2. The summed E-state index contributed by atoms with van der Waals surface area (Å²) in [6, 6.07) is 7.95. The number of anilines is 1. The normalized spacial score (nSPS) is 10.0. The highest BCUT2D eigenvalue weighted by molar-refractivity contribution is 5.55. The maximum atomic E-state index is 5.24. The van der Waals surface area contributed by atoms with Crippen LogP contribution in [0.2, 0.25) is 0 Å². The fourth-order valence-electron chi connectivity index (χ4n) is 1.39. The van der Waals surface area contributed by atoms with E-state index in [0.717, 1.165) is 37.4 Å². The van der Waals surface area contributed by atoms with Crippen molar-refractivity contribution in [1.29, 1.82) is 0 Å². The second-order valence-electron chi connectivity index (χ2n) is 3.33. The molecular weight excluding hydrogens is 190 g/mol. The van der Waals surface area contributed by atoms with Gasteiger partial charge in [0.25, 0.3) is 0 Å². The summed E-state index contributed by atoms with van der Waals surface area (Å²) in [5.74, 6) is 0.893. The van der Waals surface area contributed by atoms with Crippen molar-refractivity contribution >= 4 is 5.69 Å². The molecule has 1 aromatic rings. The lowest BCUT2D eigenvalue weighted by Crippen LogP contribution is -2.04. The van der Waals surface area contributed by atoms with E-state index in [1.807, 2.05) is 24.3 Å². The molecule has 0 bridgehead atoms. The Morgan fingerprint density at radius 2 is 1.93 bits per heavy atom. The SMILES string of the molecule is COCCCCNc1ccccc1OC. The van der Waals surface area contributed by atoms with E-state index in [9.17, 15) is 0 Å². The van der Waals surface area contributed by atoms with Crippen molar-refractivity contribution in [3.05, 3.63) is 24.3 Å². The summed E-state index contributed by atoms with van der Waals surface area (Å²) < 4.78 is 10.2. The second kappa shape index (κ2) is 7.12. The summed E-state index contributed by atoms with van der Waals surface area (Å²) in [5, 5.41) is 3.34. The summed E-state index contributed by atoms with van der Waals surface area (Å²) in [5.41, 5.74) is 1.05. The third kappa shape index (κ3) is 4.21. The molecule has 84 valence electrons. The first-order chi connectivity index (χ1) is 7.38. The lowest BCUT2D eigenvalue weighted by Gasteiger charge is -2.10. The summed E-state index contributed by atoms with van der Waals surface area (Å²) >= 11 is 0. The minimum absolute atomic E-state index is 0.827. The average Bonchev–Trinajstić information content (AvgIpc) is 2.29. The molecule has 0 spiro atoms. The highest BCUT2D eigenvalue weighted by Gasteiger charge is 1.99. The Bertz CT molecular complexity index is 276. The summed E-state index contributed by atoms with van der Waals surface area (Å²) in [6.07, 6.45) is 2.19. The van der Waals surface area contributed by atoms with Crippen LogP contribution >= 0.6 is 0 Å². The predicted molar refractivity (Wildman–Crippen MR) is 62.6 cm³/mol. The van der Waals surface area contributed by atoms with E-state index >= 15 is 0 Å². The van der Waals surface area contributed by atoms with Crippen LogP contribution in [0.5, 0.6) is 5.75 Å². The number of unbranched alkanes of at least 4 members (excludes halogenated alkanes) is 1. The van der Waals surface area contributed by atoms with E-state index in [2.05, 4.69) is 5.32 Å². The van der Waals surface area contributed by atoms with E-state index in [-0.39, 0.29) is 0 Å². The Morgan fingerprint density at radius 3 is 2.67 bits per heavy atom. The zero-order chi connectivity index (χ0) is 10.9. The topological polar surface area (TPSA) is 30.5 Å². The van der Waals surface area contributed by atoms with Crippen LogP contribution in [0.3, 0.4) is 0 Å². The molecule has 0 radical (unpaired) electrons. The Labute approximate surface area is 91.4 Å². The molecule has 0 aliphatic heterocycles. The third-order valence-electron chi connectivity index (χ3n) is 2.20. The molecule has 15 heavy (non-hydrogen) atoms. The smallest absolute Gasteiger partial charge is 0.141 e. The maximum absolute atomic E-state index is 5.24. The number of ether oxygens (including phenoxy) is 2. The number of rotatable bonds is 7. The summed E-state index contributed by atoms with van der Waals surface area (Å²) in [6.45, 7) is 1.78. The van der Waals surface area contributed by atoms with Crippen molar-refractivity contribution in [2.75, 3.05) is 32.7 Å². The standard InChI is InChI=1S/C12H19NO2/c1-14-10-6-5-9-13-11-7-3-4-8-12(11)15-2/h3-4,7-8,13H,5-6,9-10H2,1-2H3. The fraction of sp³-hybridized carbons (Fsp3) is 0.500. The Morgan fingerprint density at radius 1 is 1.13 bits per heavy atom. The first kappa shape index (κ1) is 11.9. The predicted octanol–water partition coefficient (Wildman–Crippen LogP) is 2.53. The molecule has 3 heteroatoms. The van der Waals surface area contributed by atoms with Gasteiger partial charge in [-0.2, -0.15) is 0 Å². The van der Waals surface area contributed by atoms with Crippen LogP contribution in [0.1, 0.15) is 12.8 Å². The van der Waals surface area contributed by atoms with Crippen LogP contribution < -0.4 is 10.1 Å². The van der Waals surface area contributed by atoms with Gasteiger partial charge < -0.3 is 14.8 Å². The first-order valence-electron chi connectivity index (χ1n) is 5.24. The van der Waals surface area contributed by atoms with Gasteiger partial charge in [-0.3, -0.25) is 0 Å². The first-order valence-corrected chi connectivity index (χ1v) is 5.24. The quantitative estimate of drug-likeness (QED) is 0.700. The van der Waals surface area contributed by atoms with E-state index in [4.69, 9.17) is 9.47 Å². The van der Waals surface area contributed by atoms with Crippen LogP contribution in [0.15, 0.2) is 24.3 Å². The van der Waals surface area contributed by atoms with Crippen molar-refractivity contribution in [1.82, 2.24) is 0 Å². The van der Waals surface area contributed by atoms with Crippen LogP contribution in [-0.2, 0) is 4.74 Å². The fourth-order valence-corrected chi connectivity index (χ4v) is 1.39. The van der Waals surface area contributed by atoms with E-state index in [1.165, 1.54) is 0 Å². The molecule has 1 rings (SSSR count). The van der Waals surface area contributed by atoms with Gasteiger partial charge in [-0.15, -0.1) is 0 Å². The molecule has 0 atom stereocenters. The van der Waals surface area contributed by atoms with Crippen molar-refractivity contribution in [2.24, 2.45) is 0 Å². The third-order valence-corrected chi connectivity index (χ3v) is 2.20. The Hall–Kier alpha value is -1.22. The molecule has 3 nitrogen and oxygen atoms in total. The van der Waals surface area contributed by atoms with Gasteiger partial charge in [-0.1, -0.05) is 12.1 Å². The van der Waals surface area contributed by atoms with Crippen molar-refractivity contribution in [2.45, 2.75) is 12.8 Å². The minimum atomic E-state index is 0.827. The number of nitrogens with one attached hydrogen (secondary N) is 1. The lowest BCUT2D eigenvalue weighted by molar-refractivity contribution is 0.194. The maximum Gasteiger partial charge on any atom is 0.141 e. The molecule has 0 aliphatic carbocycles. The van der Waals surface area contributed by atoms with E-state index in [1.54, 1.807) is 14.2 Å². The van der Waals surface area contributed by atoms with E-state index in [0.29, 0.717) is 0 Å². The molecule has 0 aromatic heterocycles. The van der Waals surface area contributed by atoms with E-state index < -0.39 is 0 Å².